The number of nitrogens with one attached hydrogen (secondary N) is 1. The van der Waals surface area contributed by atoms with Gasteiger partial charge in [0.25, 0.3) is 0 Å². The highest BCUT2D eigenvalue weighted by atomic mass is 14.9. The zero-order chi connectivity index (χ0) is 9.78. The van der Waals surface area contributed by atoms with Crippen molar-refractivity contribution in [1.29, 1.82) is 0 Å². The van der Waals surface area contributed by atoms with E-state index >= 15 is 0 Å². The molecule has 0 bridgehead atoms. The SMILES string of the molecule is CNC(CC(C)N)CC(C)(C)C. The fraction of sp³-hybridized carbons (Fsp3) is 1.00. The van der Waals surface area contributed by atoms with Gasteiger partial charge in [-0.05, 0) is 32.2 Å². The minimum absolute atomic E-state index is 0.296. The quantitative estimate of drug-likeness (QED) is 0.678. The van der Waals surface area contributed by atoms with Crippen LogP contribution in [0.3, 0.4) is 0 Å². The average molecular weight is 172 g/mol. The van der Waals surface area contributed by atoms with Crippen LogP contribution >= 0.6 is 0 Å². The summed E-state index contributed by atoms with van der Waals surface area (Å²) in [7, 11) is 2.01. The summed E-state index contributed by atoms with van der Waals surface area (Å²) in [5.74, 6) is 0. The highest BCUT2D eigenvalue weighted by molar-refractivity contribution is 4.76. The van der Waals surface area contributed by atoms with Crippen LogP contribution in [0.25, 0.3) is 0 Å². The van der Waals surface area contributed by atoms with Gasteiger partial charge in [0.1, 0.15) is 0 Å². The predicted octanol–water partition coefficient (Wildman–Crippen LogP) is 1.75. The van der Waals surface area contributed by atoms with Crippen LogP contribution in [-0.4, -0.2) is 19.1 Å². The number of nitrogens with two attached hydrogens (primary N) is 1. The van der Waals surface area contributed by atoms with Crippen LogP contribution in [0.5, 0.6) is 0 Å². The maximum Gasteiger partial charge on any atom is 0.00836 e. The van der Waals surface area contributed by atoms with Crippen LogP contribution in [0.4, 0.5) is 0 Å². The van der Waals surface area contributed by atoms with Gasteiger partial charge in [0.15, 0.2) is 0 Å². The Morgan fingerprint density at radius 3 is 2.08 bits per heavy atom. The van der Waals surface area contributed by atoms with Crippen molar-refractivity contribution in [2.45, 2.75) is 52.6 Å². The first-order valence-electron chi connectivity index (χ1n) is 4.78. The molecule has 0 aliphatic heterocycles. The molecule has 0 saturated heterocycles. The first-order valence-corrected chi connectivity index (χ1v) is 4.78. The summed E-state index contributed by atoms with van der Waals surface area (Å²) in [6.07, 6.45) is 2.25. The Bertz CT molecular complexity index is 113. The molecule has 2 unspecified atom stereocenters. The van der Waals surface area contributed by atoms with Crippen LogP contribution in [0.15, 0.2) is 0 Å². The topological polar surface area (TPSA) is 38.0 Å². The van der Waals surface area contributed by atoms with Gasteiger partial charge < -0.3 is 11.1 Å². The van der Waals surface area contributed by atoms with E-state index in [0.29, 0.717) is 17.5 Å². The van der Waals surface area contributed by atoms with Gasteiger partial charge in [-0.2, -0.15) is 0 Å². The van der Waals surface area contributed by atoms with Gasteiger partial charge in [0.05, 0.1) is 0 Å². The lowest BCUT2D eigenvalue weighted by molar-refractivity contribution is 0.300. The van der Waals surface area contributed by atoms with Crippen molar-refractivity contribution in [2.75, 3.05) is 7.05 Å². The lowest BCUT2D eigenvalue weighted by Gasteiger charge is -2.26. The molecular weight excluding hydrogens is 148 g/mol. The lowest BCUT2D eigenvalue weighted by Crippen LogP contribution is -2.35. The third-order valence-electron chi connectivity index (χ3n) is 1.92. The Balaban J connectivity index is 3.83. The second-order valence-electron chi connectivity index (χ2n) is 4.96. The van der Waals surface area contributed by atoms with Crippen molar-refractivity contribution in [2.24, 2.45) is 11.1 Å². The van der Waals surface area contributed by atoms with Gasteiger partial charge in [-0.1, -0.05) is 20.8 Å². The molecule has 0 aromatic heterocycles. The summed E-state index contributed by atoms with van der Waals surface area (Å²) >= 11 is 0. The fourth-order valence-corrected chi connectivity index (χ4v) is 1.49. The van der Waals surface area contributed by atoms with E-state index in [2.05, 4.69) is 33.0 Å². The van der Waals surface area contributed by atoms with E-state index in [4.69, 9.17) is 5.73 Å². The van der Waals surface area contributed by atoms with E-state index in [9.17, 15) is 0 Å². The van der Waals surface area contributed by atoms with Crippen LogP contribution in [0, 0.1) is 5.41 Å². The zero-order valence-corrected chi connectivity index (χ0v) is 9.15. The van der Waals surface area contributed by atoms with Gasteiger partial charge in [-0.25, -0.2) is 0 Å². The van der Waals surface area contributed by atoms with E-state index in [1.54, 1.807) is 0 Å². The van der Waals surface area contributed by atoms with Crippen LogP contribution in [-0.2, 0) is 0 Å². The molecule has 2 atom stereocenters. The number of hydrogen-bond acceptors (Lipinski definition) is 2. The maximum absolute atomic E-state index is 5.75. The van der Waals surface area contributed by atoms with E-state index in [-0.39, 0.29) is 0 Å². The Morgan fingerprint density at radius 2 is 1.83 bits per heavy atom. The fourth-order valence-electron chi connectivity index (χ4n) is 1.49. The molecule has 0 aromatic rings. The van der Waals surface area contributed by atoms with Crippen LogP contribution < -0.4 is 11.1 Å². The Labute approximate surface area is 76.9 Å². The monoisotopic (exact) mass is 172 g/mol. The molecule has 0 amide bonds. The van der Waals surface area contributed by atoms with Gasteiger partial charge in [0, 0.05) is 12.1 Å². The molecular formula is C10H24N2. The highest BCUT2D eigenvalue weighted by Crippen LogP contribution is 2.22. The second-order valence-corrected chi connectivity index (χ2v) is 4.96. The van der Waals surface area contributed by atoms with Crippen molar-refractivity contribution < 1.29 is 0 Å². The summed E-state index contributed by atoms with van der Waals surface area (Å²) in [5.41, 5.74) is 6.14. The van der Waals surface area contributed by atoms with Crippen molar-refractivity contribution in [3.63, 3.8) is 0 Å². The minimum atomic E-state index is 0.296. The maximum atomic E-state index is 5.75. The molecule has 0 fully saturated rings. The second kappa shape index (κ2) is 4.83. The molecule has 12 heavy (non-hydrogen) atoms. The average Bonchev–Trinajstić information content (AvgIpc) is 1.82. The Kier molecular flexibility index (Phi) is 4.80. The largest absolute Gasteiger partial charge is 0.328 e. The molecule has 0 aliphatic carbocycles. The van der Waals surface area contributed by atoms with E-state index in [1.165, 1.54) is 6.42 Å². The van der Waals surface area contributed by atoms with E-state index < -0.39 is 0 Å². The molecule has 0 radical (unpaired) electrons. The molecule has 0 heterocycles. The van der Waals surface area contributed by atoms with Crippen molar-refractivity contribution in [1.82, 2.24) is 5.32 Å². The molecule has 74 valence electrons. The van der Waals surface area contributed by atoms with E-state index in [0.717, 1.165) is 6.42 Å². The summed E-state index contributed by atoms with van der Waals surface area (Å²) in [4.78, 5) is 0. The third kappa shape index (κ3) is 6.62. The summed E-state index contributed by atoms with van der Waals surface area (Å²) < 4.78 is 0. The molecule has 0 aromatic carbocycles. The van der Waals surface area contributed by atoms with Crippen molar-refractivity contribution in [3.05, 3.63) is 0 Å². The summed E-state index contributed by atoms with van der Waals surface area (Å²) in [5, 5.41) is 3.31. The Hall–Kier alpha value is -0.0800. The smallest absolute Gasteiger partial charge is 0.00836 e. The summed E-state index contributed by atoms with van der Waals surface area (Å²) in [6.45, 7) is 8.85. The lowest BCUT2D eigenvalue weighted by atomic mass is 9.86. The predicted molar refractivity (Wildman–Crippen MR) is 55.2 cm³/mol. The van der Waals surface area contributed by atoms with Gasteiger partial charge in [-0.3, -0.25) is 0 Å². The zero-order valence-electron chi connectivity index (χ0n) is 9.15. The molecule has 2 nitrogen and oxygen atoms in total. The number of hydrogen-bond donors (Lipinski definition) is 2. The third-order valence-corrected chi connectivity index (χ3v) is 1.92. The highest BCUT2D eigenvalue weighted by Gasteiger charge is 2.17. The van der Waals surface area contributed by atoms with E-state index in [1.807, 2.05) is 7.05 Å². The molecule has 0 rings (SSSR count). The molecule has 0 spiro atoms. The molecule has 3 N–H and O–H groups in total. The van der Waals surface area contributed by atoms with Crippen molar-refractivity contribution in [3.8, 4) is 0 Å². The molecule has 2 heteroatoms. The molecule has 0 saturated carbocycles. The molecule has 0 aliphatic rings. The van der Waals surface area contributed by atoms with Crippen molar-refractivity contribution >= 4 is 0 Å². The van der Waals surface area contributed by atoms with Gasteiger partial charge in [-0.15, -0.1) is 0 Å². The minimum Gasteiger partial charge on any atom is -0.328 e. The standard InChI is InChI=1S/C10H24N2/c1-8(11)6-9(12-5)7-10(2,3)4/h8-9,12H,6-7,11H2,1-5H3. The summed E-state index contributed by atoms with van der Waals surface area (Å²) in [6, 6.07) is 0.856. The first-order chi connectivity index (χ1) is 5.35. The number of rotatable bonds is 4. The van der Waals surface area contributed by atoms with Crippen LogP contribution in [0.2, 0.25) is 0 Å². The normalized spacial score (nSPS) is 17.5. The van der Waals surface area contributed by atoms with Crippen LogP contribution in [0.1, 0.15) is 40.5 Å². The van der Waals surface area contributed by atoms with Gasteiger partial charge in [0.2, 0.25) is 0 Å². The first kappa shape index (κ1) is 11.9. The Morgan fingerprint density at radius 1 is 1.33 bits per heavy atom. The van der Waals surface area contributed by atoms with Gasteiger partial charge >= 0.3 is 0 Å².